The number of anilines is 1. The Morgan fingerprint density at radius 1 is 1.30 bits per heavy atom. The highest BCUT2D eigenvalue weighted by atomic mass is 16.2. The standard InChI is InChI=1S/C16H16N2O2/c1-2-11-8-10(4-3-7-17)5-6-14(11)18-15(19)12-9-13(12)16(18)20/h5-6,8,12-13H,2,7,9,17H2,1H3. The molecule has 4 heteroatoms. The molecule has 4 nitrogen and oxygen atoms in total. The van der Waals surface area contributed by atoms with Gasteiger partial charge < -0.3 is 5.73 Å². The van der Waals surface area contributed by atoms with Crippen molar-refractivity contribution in [3.8, 4) is 11.8 Å². The highest BCUT2D eigenvalue weighted by Gasteiger charge is 2.59. The van der Waals surface area contributed by atoms with Gasteiger partial charge in [-0.15, -0.1) is 0 Å². The maximum Gasteiger partial charge on any atom is 0.237 e. The predicted molar refractivity (Wildman–Crippen MR) is 75.8 cm³/mol. The van der Waals surface area contributed by atoms with E-state index in [1.54, 1.807) is 0 Å². The van der Waals surface area contributed by atoms with Crippen molar-refractivity contribution in [1.29, 1.82) is 0 Å². The lowest BCUT2D eigenvalue weighted by Crippen LogP contribution is -2.33. The first-order valence-electron chi connectivity index (χ1n) is 6.87. The van der Waals surface area contributed by atoms with Crippen LogP contribution in [0.4, 0.5) is 5.69 Å². The molecule has 20 heavy (non-hydrogen) atoms. The summed E-state index contributed by atoms with van der Waals surface area (Å²) >= 11 is 0. The molecular weight excluding hydrogens is 252 g/mol. The number of rotatable bonds is 2. The summed E-state index contributed by atoms with van der Waals surface area (Å²) in [5.41, 5.74) is 7.91. The van der Waals surface area contributed by atoms with Crippen LogP contribution < -0.4 is 10.6 Å². The maximum atomic E-state index is 12.1. The normalized spacial score (nSPS) is 23.4. The molecule has 1 aromatic carbocycles. The van der Waals surface area contributed by atoms with Crippen molar-refractivity contribution in [2.24, 2.45) is 17.6 Å². The van der Waals surface area contributed by atoms with Crippen LogP contribution in [0.2, 0.25) is 0 Å². The Labute approximate surface area is 117 Å². The lowest BCUT2D eigenvalue weighted by molar-refractivity contribution is -0.123. The van der Waals surface area contributed by atoms with E-state index in [0.29, 0.717) is 12.2 Å². The molecule has 2 fully saturated rings. The van der Waals surface area contributed by atoms with E-state index in [9.17, 15) is 9.59 Å². The van der Waals surface area contributed by atoms with Gasteiger partial charge >= 0.3 is 0 Å². The first-order chi connectivity index (χ1) is 9.67. The van der Waals surface area contributed by atoms with Gasteiger partial charge in [0.2, 0.25) is 11.8 Å². The van der Waals surface area contributed by atoms with Crippen LogP contribution in [0.5, 0.6) is 0 Å². The van der Waals surface area contributed by atoms with Crippen molar-refractivity contribution in [2.75, 3.05) is 11.4 Å². The fraction of sp³-hybridized carbons (Fsp3) is 0.375. The van der Waals surface area contributed by atoms with Crippen LogP contribution in [-0.4, -0.2) is 18.4 Å². The smallest absolute Gasteiger partial charge is 0.237 e. The Kier molecular flexibility index (Phi) is 3.07. The number of hydrogen-bond donors (Lipinski definition) is 1. The molecule has 0 radical (unpaired) electrons. The Morgan fingerprint density at radius 2 is 2.00 bits per heavy atom. The summed E-state index contributed by atoms with van der Waals surface area (Å²) in [4.78, 5) is 25.6. The number of piperidine rings is 1. The first-order valence-corrected chi connectivity index (χ1v) is 6.87. The zero-order valence-corrected chi connectivity index (χ0v) is 11.3. The summed E-state index contributed by atoms with van der Waals surface area (Å²) in [7, 11) is 0. The molecule has 102 valence electrons. The summed E-state index contributed by atoms with van der Waals surface area (Å²) in [6.45, 7) is 2.32. The topological polar surface area (TPSA) is 63.4 Å². The monoisotopic (exact) mass is 268 g/mol. The second-order valence-corrected chi connectivity index (χ2v) is 5.16. The fourth-order valence-electron chi connectivity index (χ4n) is 2.74. The van der Waals surface area contributed by atoms with Gasteiger partial charge in [0.05, 0.1) is 24.1 Å². The van der Waals surface area contributed by atoms with Crippen molar-refractivity contribution in [2.45, 2.75) is 19.8 Å². The highest BCUT2D eigenvalue weighted by Crippen LogP contribution is 2.48. The van der Waals surface area contributed by atoms with Crippen LogP contribution in [-0.2, 0) is 16.0 Å². The summed E-state index contributed by atoms with van der Waals surface area (Å²) in [6.07, 6.45) is 1.48. The van der Waals surface area contributed by atoms with Gasteiger partial charge in [0.15, 0.2) is 0 Å². The molecule has 2 N–H and O–H groups in total. The van der Waals surface area contributed by atoms with Crippen molar-refractivity contribution < 1.29 is 9.59 Å². The van der Waals surface area contributed by atoms with Gasteiger partial charge in [-0.2, -0.15) is 0 Å². The van der Waals surface area contributed by atoms with Gasteiger partial charge in [-0.05, 0) is 36.6 Å². The molecule has 0 aromatic heterocycles. The van der Waals surface area contributed by atoms with Gasteiger partial charge in [-0.3, -0.25) is 9.59 Å². The van der Waals surface area contributed by atoms with E-state index in [-0.39, 0.29) is 23.7 Å². The number of benzene rings is 1. The highest BCUT2D eigenvalue weighted by molar-refractivity contribution is 6.25. The zero-order chi connectivity index (χ0) is 14.3. The summed E-state index contributed by atoms with van der Waals surface area (Å²) in [6, 6.07) is 5.59. The van der Waals surface area contributed by atoms with E-state index in [1.165, 1.54) is 4.90 Å². The van der Waals surface area contributed by atoms with Crippen LogP contribution in [0.25, 0.3) is 0 Å². The van der Waals surface area contributed by atoms with Crippen LogP contribution in [0.15, 0.2) is 18.2 Å². The molecule has 2 unspecified atom stereocenters. The number of nitrogens with two attached hydrogens (primary N) is 1. The van der Waals surface area contributed by atoms with Crippen molar-refractivity contribution in [3.63, 3.8) is 0 Å². The minimum atomic E-state index is -0.0658. The molecule has 2 atom stereocenters. The summed E-state index contributed by atoms with van der Waals surface area (Å²) in [5, 5.41) is 0. The largest absolute Gasteiger partial charge is 0.320 e. The number of carbonyl (C=O) groups is 2. The molecule has 3 rings (SSSR count). The van der Waals surface area contributed by atoms with E-state index < -0.39 is 0 Å². The van der Waals surface area contributed by atoms with Crippen molar-refractivity contribution in [1.82, 2.24) is 0 Å². The molecule has 2 amide bonds. The fourth-order valence-corrected chi connectivity index (χ4v) is 2.74. The van der Waals surface area contributed by atoms with Crippen molar-refractivity contribution in [3.05, 3.63) is 29.3 Å². The molecule has 1 heterocycles. The van der Waals surface area contributed by atoms with E-state index in [0.717, 1.165) is 24.0 Å². The van der Waals surface area contributed by atoms with Gasteiger partial charge in [-0.25, -0.2) is 4.90 Å². The quantitative estimate of drug-likeness (QED) is 0.644. The third kappa shape index (κ3) is 1.91. The van der Waals surface area contributed by atoms with Gasteiger partial charge in [0, 0.05) is 5.56 Å². The minimum absolute atomic E-state index is 0.0458. The van der Waals surface area contributed by atoms with E-state index >= 15 is 0 Å². The number of hydrogen-bond acceptors (Lipinski definition) is 3. The maximum absolute atomic E-state index is 12.1. The lowest BCUT2D eigenvalue weighted by Gasteiger charge is -2.20. The van der Waals surface area contributed by atoms with Crippen LogP contribution in [0.1, 0.15) is 24.5 Å². The molecule has 2 aliphatic rings. The van der Waals surface area contributed by atoms with E-state index in [4.69, 9.17) is 5.73 Å². The van der Waals surface area contributed by atoms with Gasteiger partial charge in [-0.1, -0.05) is 18.8 Å². The first kappa shape index (κ1) is 12.9. The lowest BCUT2D eigenvalue weighted by atomic mass is 10.1. The number of carbonyl (C=O) groups excluding carboxylic acids is 2. The second-order valence-electron chi connectivity index (χ2n) is 5.16. The summed E-state index contributed by atoms with van der Waals surface area (Å²) in [5.74, 6) is 5.56. The molecule has 0 spiro atoms. The molecule has 1 aromatic rings. The summed E-state index contributed by atoms with van der Waals surface area (Å²) < 4.78 is 0. The molecule has 1 saturated carbocycles. The SMILES string of the molecule is CCc1cc(C#CCN)ccc1N1C(=O)C2CC2C1=O. The molecular formula is C16H16N2O2. The van der Waals surface area contributed by atoms with Crippen LogP contribution >= 0.6 is 0 Å². The third-order valence-electron chi connectivity index (χ3n) is 3.90. The van der Waals surface area contributed by atoms with E-state index in [1.807, 2.05) is 25.1 Å². The zero-order valence-electron chi connectivity index (χ0n) is 11.3. The molecule has 1 saturated heterocycles. The number of fused-ring (bicyclic) bond motifs is 1. The average molecular weight is 268 g/mol. The molecule has 0 bridgehead atoms. The predicted octanol–water partition coefficient (Wildman–Crippen LogP) is 1.07. The number of nitrogens with zero attached hydrogens (tertiary/aromatic N) is 1. The Hall–Kier alpha value is -2.12. The van der Waals surface area contributed by atoms with Gasteiger partial charge in [0.1, 0.15) is 0 Å². The minimum Gasteiger partial charge on any atom is -0.320 e. The average Bonchev–Trinajstić information content (AvgIpc) is 3.21. The van der Waals surface area contributed by atoms with E-state index in [2.05, 4.69) is 11.8 Å². The second kappa shape index (κ2) is 4.77. The van der Waals surface area contributed by atoms with Crippen LogP contribution in [0, 0.1) is 23.7 Å². The third-order valence-corrected chi connectivity index (χ3v) is 3.90. The van der Waals surface area contributed by atoms with Crippen molar-refractivity contribution >= 4 is 17.5 Å². The number of amides is 2. The Morgan fingerprint density at radius 3 is 2.60 bits per heavy atom. The number of imide groups is 1. The van der Waals surface area contributed by atoms with Gasteiger partial charge in [0.25, 0.3) is 0 Å². The molecule has 1 aliphatic carbocycles. The molecule has 1 aliphatic heterocycles. The van der Waals surface area contributed by atoms with Crippen LogP contribution in [0.3, 0.4) is 0 Å². The number of aryl methyl sites for hydroxylation is 1. The Bertz CT molecular complexity index is 634. The Balaban J connectivity index is 1.97.